The van der Waals surface area contributed by atoms with Crippen molar-refractivity contribution in [2.24, 2.45) is 5.41 Å². The van der Waals surface area contributed by atoms with Gasteiger partial charge in [-0.25, -0.2) is 4.39 Å². The first-order valence-electron chi connectivity index (χ1n) is 6.61. The van der Waals surface area contributed by atoms with E-state index in [0.29, 0.717) is 29.1 Å². The Labute approximate surface area is 118 Å². The molecule has 0 bridgehead atoms. The van der Waals surface area contributed by atoms with Crippen molar-refractivity contribution in [2.45, 2.75) is 33.8 Å². The van der Waals surface area contributed by atoms with E-state index in [0.717, 1.165) is 0 Å². The van der Waals surface area contributed by atoms with Crippen molar-refractivity contribution in [1.82, 2.24) is 9.97 Å². The van der Waals surface area contributed by atoms with Crippen molar-refractivity contribution in [1.29, 1.82) is 0 Å². The highest BCUT2D eigenvalue weighted by Crippen LogP contribution is 2.28. The van der Waals surface area contributed by atoms with E-state index in [1.54, 1.807) is 18.2 Å². The predicted molar refractivity (Wildman–Crippen MR) is 76.5 cm³/mol. The molecule has 0 radical (unpaired) electrons. The molecule has 4 heteroatoms. The van der Waals surface area contributed by atoms with Crippen LogP contribution in [0, 0.1) is 11.2 Å². The van der Waals surface area contributed by atoms with Crippen LogP contribution in [0.25, 0.3) is 11.3 Å². The number of benzene rings is 1. The van der Waals surface area contributed by atoms with Gasteiger partial charge in [0.05, 0.1) is 29.9 Å². The van der Waals surface area contributed by atoms with Gasteiger partial charge in [-0.3, -0.25) is 9.97 Å². The molecule has 1 heterocycles. The molecule has 3 nitrogen and oxygen atoms in total. The number of halogens is 1. The number of aromatic nitrogens is 2. The van der Waals surface area contributed by atoms with Gasteiger partial charge in [-0.15, -0.1) is 0 Å². The molecule has 0 amide bonds. The van der Waals surface area contributed by atoms with Crippen LogP contribution in [0.1, 0.15) is 32.2 Å². The molecule has 106 valence electrons. The standard InChI is InChI=1S/C16H19FN2O/c1-16(2,3)8-14-15(18-9-11(10-20)19-14)12-6-4-5-7-13(12)17/h4-7,9,20H,8,10H2,1-3H3. The summed E-state index contributed by atoms with van der Waals surface area (Å²) in [6.45, 7) is 6.10. The number of aliphatic hydroxyl groups is 1. The van der Waals surface area contributed by atoms with Crippen LogP contribution < -0.4 is 0 Å². The Morgan fingerprint density at radius 3 is 2.50 bits per heavy atom. The summed E-state index contributed by atoms with van der Waals surface area (Å²) in [5.74, 6) is -0.311. The maximum atomic E-state index is 14.0. The Morgan fingerprint density at radius 1 is 1.20 bits per heavy atom. The highest BCUT2D eigenvalue weighted by molar-refractivity contribution is 5.62. The smallest absolute Gasteiger partial charge is 0.132 e. The summed E-state index contributed by atoms with van der Waals surface area (Å²) in [7, 11) is 0. The van der Waals surface area contributed by atoms with Gasteiger partial charge >= 0.3 is 0 Å². The molecule has 0 atom stereocenters. The molecule has 2 aromatic rings. The van der Waals surface area contributed by atoms with Gasteiger partial charge in [0.2, 0.25) is 0 Å². The Bertz CT molecular complexity index is 606. The number of aliphatic hydroxyl groups excluding tert-OH is 1. The molecule has 1 aromatic heterocycles. The lowest BCUT2D eigenvalue weighted by molar-refractivity contribution is 0.275. The summed E-state index contributed by atoms with van der Waals surface area (Å²) < 4.78 is 14.0. The van der Waals surface area contributed by atoms with E-state index in [-0.39, 0.29) is 17.8 Å². The molecular weight excluding hydrogens is 255 g/mol. The largest absolute Gasteiger partial charge is 0.390 e. The van der Waals surface area contributed by atoms with Crippen LogP contribution in [0.5, 0.6) is 0 Å². The van der Waals surface area contributed by atoms with Crippen LogP contribution in [-0.2, 0) is 13.0 Å². The van der Waals surface area contributed by atoms with Gasteiger partial charge in [-0.2, -0.15) is 0 Å². The average molecular weight is 274 g/mol. The molecule has 20 heavy (non-hydrogen) atoms. The molecule has 0 aliphatic heterocycles. The second-order valence-corrected chi connectivity index (χ2v) is 6.03. The van der Waals surface area contributed by atoms with Crippen molar-refractivity contribution in [3.05, 3.63) is 47.7 Å². The van der Waals surface area contributed by atoms with Crippen molar-refractivity contribution in [3.63, 3.8) is 0 Å². The third-order valence-electron chi connectivity index (χ3n) is 2.88. The van der Waals surface area contributed by atoms with Gasteiger partial charge in [0.15, 0.2) is 0 Å². The monoisotopic (exact) mass is 274 g/mol. The normalized spacial score (nSPS) is 11.7. The fourth-order valence-electron chi connectivity index (χ4n) is 2.05. The summed E-state index contributed by atoms with van der Waals surface area (Å²) in [6, 6.07) is 6.54. The van der Waals surface area contributed by atoms with Gasteiger partial charge in [-0.1, -0.05) is 32.9 Å². The van der Waals surface area contributed by atoms with Crippen LogP contribution in [-0.4, -0.2) is 15.1 Å². The Hall–Kier alpha value is -1.81. The molecular formula is C16H19FN2O. The van der Waals surface area contributed by atoms with E-state index < -0.39 is 0 Å². The SMILES string of the molecule is CC(C)(C)Cc1nc(CO)cnc1-c1ccccc1F. The second kappa shape index (κ2) is 5.67. The maximum Gasteiger partial charge on any atom is 0.132 e. The molecule has 0 unspecified atom stereocenters. The molecule has 0 saturated carbocycles. The van der Waals surface area contributed by atoms with Crippen molar-refractivity contribution >= 4 is 0 Å². The summed E-state index contributed by atoms with van der Waals surface area (Å²) in [6.07, 6.45) is 2.16. The topological polar surface area (TPSA) is 46.0 Å². The van der Waals surface area contributed by atoms with Crippen LogP contribution in [0.2, 0.25) is 0 Å². The highest BCUT2D eigenvalue weighted by Gasteiger charge is 2.19. The van der Waals surface area contributed by atoms with Crippen molar-refractivity contribution in [3.8, 4) is 11.3 Å². The third kappa shape index (κ3) is 3.39. The highest BCUT2D eigenvalue weighted by atomic mass is 19.1. The molecule has 1 N–H and O–H groups in total. The van der Waals surface area contributed by atoms with Gasteiger partial charge in [0, 0.05) is 5.56 Å². The number of hydrogen-bond donors (Lipinski definition) is 1. The summed E-state index contributed by atoms with van der Waals surface area (Å²) in [4.78, 5) is 8.72. The van der Waals surface area contributed by atoms with Crippen LogP contribution in [0.15, 0.2) is 30.5 Å². The minimum atomic E-state index is -0.311. The predicted octanol–water partition coefficient (Wildman–Crippen LogP) is 3.36. The Balaban J connectivity index is 2.55. The fraction of sp³-hybridized carbons (Fsp3) is 0.375. The quantitative estimate of drug-likeness (QED) is 0.933. The fourth-order valence-corrected chi connectivity index (χ4v) is 2.05. The first kappa shape index (κ1) is 14.6. The molecule has 0 spiro atoms. The molecule has 2 rings (SSSR count). The zero-order chi connectivity index (χ0) is 14.8. The molecule has 0 fully saturated rings. The van der Waals surface area contributed by atoms with E-state index >= 15 is 0 Å². The summed E-state index contributed by atoms with van der Waals surface area (Å²) in [5.41, 5.74) is 2.22. The van der Waals surface area contributed by atoms with Crippen molar-refractivity contribution in [2.75, 3.05) is 0 Å². The van der Waals surface area contributed by atoms with Crippen LogP contribution in [0.3, 0.4) is 0 Å². The number of nitrogens with zero attached hydrogens (tertiary/aromatic N) is 2. The number of rotatable bonds is 3. The Morgan fingerprint density at radius 2 is 1.90 bits per heavy atom. The molecule has 1 aromatic carbocycles. The first-order valence-corrected chi connectivity index (χ1v) is 6.61. The third-order valence-corrected chi connectivity index (χ3v) is 2.88. The average Bonchev–Trinajstić information content (AvgIpc) is 2.38. The minimum absolute atomic E-state index is 0.00274. The number of hydrogen-bond acceptors (Lipinski definition) is 3. The van der Waals surface area contributed by atoms with Gasteiger partial charge < -0.3 is 5.11 Å². The van der Waals surface area contributed by atoms with E-state index in [1.807, 2.05) is 0 Å². The first-order chi connectivity index (χ1) is 9.40. The van der Waals surface area contributed by atoms with E-state index in [1.165, 1.54) is 12.3 Å². The van der Waals surface area contributed by atoms with E-state index in [2.05, 4.69) is 30.7 Å². The van der Waals surface area contributed by atoms with E-state index in [4.69, 9.17) is 0 Å². The lowest BCUT2D eigenvalue weighted by atomic mass is 9.89. The van der Waals surface area contributed by atoms with Crippen LogP contribution >= 0.6 is 0 Å². The lowest BCUT2D eigenvalue weighted by Gasteiger charge is -2.19. The molecule has 0 aliphatic carbocycles. The molecule has 0 aliphatic rings. The lowest BCUT2D eigenvalue weighted by Crippen LogP contribution is -2.13. The van der Waals surface area contributed by atoms with Gasteiger partial charge in [-0.05, 0) is 24.0 Å². The Kier molecular flexibility index (Phi) is 4.14. The summed E-state index contributed by atoms with van der Waals surface area (Å²) in [5, 5.41) is 9.20. The van der Waals surface area contributed by atoms with Gasteiger partial charge in [0.25, 0.3) is 0 Å². The zero-order valence-electron chi connectivity index (χ0n) is 12.0. The van der Waals surface area contributed by atoms with Gasteiger partial charge in [0.1, 0.15) is 5.82 Å². The van der Waals surface area contributed by atoms with Crippen LogP contribution in [0.4, 0.5) is 4.39 Å². The minimum Gasteiger partial charge on any atom is -0.390 e. The van der Waals surface area contributed by atoms with Crippen molar-refractivity contribution < 1.29 is 9.50 Å². The van der Waals surface area contributed by atoms with E-state index in [9.17, 15) is 9.50 Å². The summed E-state index contributed by atoms with van der Waals surface area (Å²) >= 11 is 0. The maximum absolute atomic E-state index is 14.0. The zero-order valence-corrected chi connectivity index (χ0v) is 12.0. The molecule has 0 saturated heterocycles. The second-order valence-electron chi connectivity index (χ2n) is 6.03.